The van der Waals surface area contributed by atoms with Crippen molar-refractivity contribution in [3.05, 3.63) is 59.7 Å². The molecule has 0 radical (unpaired) electrons. The molecule has 1 heterocycles. The van der Waals surface area contributed by atoms with Crippen molar-refractivity contribution < 1.29 is 19.1 Å². The molecule has 0 saturated carbocycles. The highest BCUT2D eigenvalue weighted by Crippen LogP contribution is 2.39. The highest BCUT2D eigenvalue weighted by atomic mass is 16.5. The SMILES string of the molecule is CCCCCCCCCC(=O)N1C(=O)C(C(=O)c2ccc(OC)cc2)c2ccccc21. The fraction of sp³-hybridized carbons (Fsp3) is 0.423. The molecule has 1 unspecified atom stereocenters. The molecule has 3 rings (SSSR count). The van der Waals surface area contributed by atoms with E-state index in [0.29, 0.717) is 29.0 Å². The van der Waals surface area contributed by atoms with E-state index in [1.807, 2.05) is 0 Å². The maximum atomic E-state index is 13.2. The predicted octanol–water partition coefficient (Wildman–Crippen LogP) is 5.68. The van der Waals surface area contributed by atoms with E-state index >= 15 is 0 Å². The number of Topliss-reactive ketones (excluding diaryl/α,β-unsaturated/α-hetero) is 1. The van der Waals surface area contributed by atoms with Gasteiger partial charge in [-0.2, -0.15) is 0 Å². The first-order valence-corrected chi connectivity index (χ1v) is 11.2. The van der Waals surface area contributed by atoms with Gasteiger partial charge in [-0.1, -0.05) is 63.6 Å². The zero-order chi connectivity index (χ0) is 22.2. The van der Waals surface area contributed by atoms with Crippen LogP contribution < -0.4 is 9.64 Å². The van der Waals surface area contributed by atoms with Crippen LogP contribution in [0.5, 0.6) is 5.75 Å². The summed E-state index contributed by atoms with van der Waals surface area (Å²) in [6.45, 7) is 2.19. The summed E-state index contributed by atoms with van der Waals surface area (Å²) in [6, 6.07) is 13.8. The molecular formula is C26H31NO4. The Hall–Kier alpha value is -2.95. The Morgan fingerprint density at radius 1 is 0.903 bits per heavy atom. The van der Waals surface area contributed by atoms with E-state index in [0.717, 1.165) is 19.3 Å². The second-order valence-corrected chi connectivity index (χ2v) is 8.02. The van der Waals surface area contributed by atoms with Crippen LogP contribution in [0.4, 0.5) is 5.69 Å². The van der Waals surface area contributed by atoms with Gasteiger partial charge in [0.2, 0.25) is 11.8 Å². The maximum absolute atomic E-state index is 13.2. The van der Waals surface area contributed by atoms with Gasteiger partial charge in [0.25, 0.3) is 0 Å². The number of nitrogens with zero attached hydrogens (tertiary/aromatic N) is 1. The third-order valence-corrected chi connectivity index (χ3v) is 5.84. The van der Waals surface area contributed by atoms with Crippen LogP contribution >= 0.6 is 0 Å². The number of ketones is 1. The number of carbonyl (C=O) groups is 3. The molecule has 31 heavy (non-hydrogen) atoms. The van der Waals surface area contributed by atoms with Crippen molar-refractivity contribution in [1.82, 2.24) is 0 Å². The third-order valence-electron chi connectivity index (χ3n) is 5.84. The zero-order valence-electron chi connectivity index (χ0n) is 18.4. The van der Waals surface area contributed by atoms with Gasteiger partial charge in [0.1, 0.15) is 11.7 Å². The first kappa shape index (κ1) is 22.7. The molecule has 0 bridgehead atoms. The van der Waals surface area contributed by atoms with Crippen LogP contribution in [0.1, 0.15) is 80.1 Å². The minimum atomic E-state index is -0.984. The second kappa shape index (κ2) is 10.9. The van der Waals surface area contributed by atoms with Gasteiger partial charge < -0.3 is 4.74 Å². The number of unbranched alkanes of at least 4 members (excludes halogenated alkanes) is 6. The molecule has 5 nitrogen and oxygen atoms in total. The van der Waals surface area contributed by atoms with Gasteiger partial charge in [-0.15, -0.1) is 0 Å². The average molecular weight is 422 g/mol. The summed E-state index contributed by atoms with van der Waals surface area (Å²) in [5.41, 5.74) is 1.56. The molecule has 0 aromatic heterocycles. The number of para-hydroxylation sites is 1. The first-order chi connectivity index (χ1) is 15.1. The molecule has 2 amide bonds. The van der Waals surface area contributed by atoms with Crippen molar-refractivity contribution in [1.29, 1.82) is 0 Å². The molecule has 0 fully saturated rings. The Kier molecular flexibility index (Phi) is 7.99. The fourth-order valence-electron chi connectivity index (χ4n) is 4.09. The molecule has 1 aliphatic rings. The maximum Gasteiger partial charge on any atom is 0.249 e. The van der Waals surface area contributed by atoms with Crippen LogP contribution in [0, 0.1) is 0 Å². The van der Waals surface area contributed by atoms with Crippen molar-refractivity contribution in [2.75, 3.05) is 12.0 Å². The van der Waals surface area contributed by atoms with Crippen LogP contribution in [-0.2, 0) is 9.59 Å². The van der Waals surface area contributed by atoms with Crippen LogP contribution in [-0.4, -0.2) is 24.7 Å². The van der Waals surface area contributed by atoms with Gasteiger partial charge in [0.05, 0.1) is 12.8 Å². The quantitative estimate of drug-likeness (QED) is 0.266. The predicted molar refractivity (Wildman–Crippen MR) is 122 cm³/mol. The van der Waals surface area contributed by atoms with Crippen LogP contribution in [0.3, 0.4) is 0 Å². The van der Waals surface area contributed by atoms with E-state index in [9.17, 15) is 14.4 Å². The largest absolute Gasteiger partial charge is 0.497 e. The van der Waals surface area contributed by atoms with Crippen molar-refractivity contribution in [3.63, 3.8) is 0 Å². The summed E-state index contributed by atoms with van der Waals surface area (Å²) in [5, 5.41) is 0. The van der Waals surface area contributed by atoms with E-state index in [2.05, 4.69) is 6.92 Å². The molecule has 2 aromatic rings. The highest BCUT2D eigenvalue weighted by molar-refractivity contribution is 6.30. The standard InChI is InChI=1S/C26H31NO4/c1-3-4-5-6-7-8-9-14-23(28)27-22-13-11-10-12-21(22)24(26(27)30)25(29)19-15-17-20(31-2)18-16-19/h10-13,15-18,24H,3-9,14H2,1-2H3. The molecule has 2 aromatic carbocycles. The number of hydrogen-bond acceptors (Lipinski definition) is 4. The lowest BCUT2D eigenvalue weighted by Crippen LogP contribution is -2.36. The number of ether oxygens (including phenoxy) is 1. The van der Waals surface area contributed by atoms with E-state index in [4.69, 9.17) is 4.74 Å². The van der Waals surface area contributed by atoms with Gasteiger partial charge in [-0.05, 0) is 42.3 Å². The summed E-state index contributed by atoms with van der Waals surface area (Å²) in [7, 11) is 1.56. The summed E-state index contributed by atoms with van der Waals surface area (Å²) < 4.78 is 5.14. The van der Waals surface area contributed by atoms with Crippen LogP contribution in [0.25, 0.3) is 0 Å². The highest BCUT2D eigenvalue weighted by Gasteiger charge is 2.44. The summed E-state index contributed by atoms with van der Waals surface area (Å²) in [5.74, 6) is -1.32. The van der Waals surface area contributed by atoms with E-state index < -0.39 is 11.8 Å². The van der Waals surface area contributed by atoms with Crippen LogP contribution in [0.2, 0.25) is 0 Å². The Balaban J connectivity index is 1.69. The molecule has 0 saturated heterocycles. The molecule has 0 spiro atoms. The number of carbonyl (C=O) groups excluding carboxylic acids is 3. The van der Waals surface area contributed by atoms with Gasteiger partial charge >= 0.3 is 0 Å². The van der Waals surface area contributed by atoms with Crippen molar-refractivity contribution >= 4 is 23.3 Å². The number of amides is 2. The molecule has 0 N–H and O–H groups in total. The minimum absolute atomic E-state index is 0.226. The van der Waals surface area contributed by atoms with Gasteiger partial charge in [-0.25, -0.2) is 4.90 Å². The summed E-state index contributed by atoms with van der Waals surface area (Å²) >= 11 is 0. The Morgan fingerprint density at radius 2 is 1.55 bits per heavy atom. The molecule has 0 aliphatic carbocycles. The molecule has 164 valence electrons. The van der Waals surface area contributed by atoms with Gasteiger partial charge in [0.15, 0.2) is 5.78 Å². The number of imide groups is 1. The fourth-order valence-corrected chi connectivity index (χ4v) is 4.09. The second-order valence-electron chi connectivity index (χ2n) is 8.02. The van der Waals surface area contributed by atoms with E-state index in [1.165, 1.54) is 30.6 Å². The number of hydrogen-bond donors (Lipinski definition) is 0. The van der Waals surface area contributed by atoms with Crippen LogP contribution in [0.15, 0.2) is 48.5 Å². The van der Waals surface area contributed by atoms with Crippen molar-refractivity contribution in [2.45, 2.75) is 64.2 Å². The Bertz CT molecular complexity index is 919. The molecule has 5 heteroatoms. The average Bonchev–Trinajstić information content (AvgIpc) is 3.09. The lowest BCUT2D eigenvalue weighted by molar-refractivity contribution is -0.126. The first-order valence-electron chi connectivity index (χ1n) is 11.2. The normalized spacial score (nSPS) is 15.1. The number of fused-ring (bicyclic) bond motifs is 1. The summed E-state index contributed by atoms with van der Waals surface area (Å²) in [6.07, 6.45) is 8.05. The third kappa shape index (κ3) is 5.22. The monoisotopic (exact) mass is 421 g/mol. The Morgan fingerprint density at radius 3 is 2.23 bits per heavy atom. The van der Waals surface area contributed by atoms with Gasteiger partial charge in [-0.3, -0.25) is 14.4 Å². The number of methoxy groups -OCH3 is 1. The summed E-state index contributed by atoms with van der Waals surface area (Å²) in [4.78, 5) is 40.5. The number of rotatable bonds is 11. The molecule has 1 aliphatic heterocycles. The number of anilines is 1. The number of benzene rings is 2. The van der Waals surface area contributed by atoms with E-state index in [-0.39, 0.29) is 11.7 Å². The van der Waals surface area contributed by atoms with Crippen molar-refractivity contribution in [2.24, 2.45) is 0 Å². The minimum Gasteiger partial charge on any atom is -0.497 e. The smallest absolute Gasteiger partial charge is 0.249 e. The lowest BCUT2D eigenvalue weighted by atomic mass is 9.92. The molecule has 1 atom stereocenters. The van der Waals surface area contributed by atoms with Gasteiger partial charge in [0, 0.05) is 12.0 Å². The van der Waals surface area contributed by atoms with Crippen molar-refractivity contribution in [3.8, 4) is 5.75 Å². The lowest BCUT2D eigenvalue weighted by Gasteiger charge is -2.16. The topological polar surface area (TPSA) is 63.7 Å². The molecular weight excluding hydrogens is 390 g/mol. The Labute approximate surface area is 184 Å². The zero-order valence-corrected chi connectivity index (χ0v) is 18.4. The van der Waals surface area contributed by atoms with E-state index in [1.54, 1.807) is 55.6 Å².